The summed E-state index contributed by atoms with van der Waals surface area (Å²) < 4.78 is 14.4. The summed E-state index contributed by atoms with van der Waals surface area (Å²) in [6.45, 7) is 19.2. The van der Waals surface area contributed by atoms with Gasteiger partial charge in [-0.15, -0.1) is 0 Å². The van der Waals surface area contributed by atoms with E-state index in [1.807, 2.05) is 44.2 Å². The van der Waals surface area contributed by atoms with Gasteiger partial charge < -0.3 is 4.57 Å². The molecule has 2 aromatic rings. The van der Waals surface area contributed by atoms with Crippen LogP contribution in [-0.4, -0.2) is 11.7 Å². The van der Waals surface area contributed by atoms with Gasteiger partial charge in [0, 0.05) is 17.0 Å². The Hall–Kier alpha value is -1.66. The second-order valence-corrected chi connectivity index (χ2v) is 13.9. The van der Waals surface area contributed by atoms with Gasteiger partial charge in [0.25, 0.3) is 0 Å². The van der Waals surface area contributed by atoms with E-state index in [4.69, 9.17) is 0 Å². The Morgan fingerprint density at radius 2 is 1.43 bits per heavy atom. The molecule has 0 N–H and O–H groups in total. The zero-order chi connectivity index (χ0) is 22.9. The number of carbonyl (C=O) groups excluding carboxylic acids is 1. The molecule has 0 aromatic heterocycles. The van der Waals surface area contributed by atoms with Crippen molar-refractivity contribution in [2.45, 2.75) is 74.1 Å². The van der Waals surface area contributed by atoms with Crippen molar-refractivity contribution in [1.29, 1.82) is 0 Å². The first-order valence-corrected chi connectivity index (χ1v) is 12.9. The standard InChI is InChI=1S/C27H39O2P/c1-19(17-26(4,5)6)18-30(29,23-13-11-10-12-14-23)25(28)24-20(2)15-22(16-21(24)3)27(7,8)9/h10-16,19H,17-18H2,1-9H3. The summed E-state index contributed by atoms with van der Waals surface area (Å²) in [7, 11) is -3.28. The Labute approximate surface area is 183 Å². The molecule has 0 spiro atoms. The lowest BCUT2D eigenvalue weighted by atomic mass is 9.84. The molecule has 164 valence electrons. The molecule has 0 aliphatic heterocycles. The molecule has 2 aromatic carbocycles. The first-order valence-electron chi connectivity index (χ1n) is 11.0. The van der Waals surface area contributed by atoms with E-state index >= 15 is 0 Å². The number of aryl methyl sites for hydroxylation is 2. The van der Waals surface area contributed by atoms with Crippen molar-refractivity contribution in [3.8, 4) is 0 Å². The van der Waals surface area contributed by atoms with Crippen molar-refractivity contribution in [3.63, 3.8) is 0 Å². The van der Waals surface area contributed by atoms with E-state index in [0.29, 0.717) is 17.0 Å². The molecule has 2 nitrogen and oxygen atoms in total. The highest BCUT2D eigenvalue weighted by molar-refractivity contribution is 7.87. The van der Waals surface area contributed by atoms with Gasteiger partial charge in [0.1, 0.15) is 0 Å². The molecule has 0 saturated heterocycles. The number of rotatable bonds is 6. The van der Waals surface area contributed by atoms with E-state index in [-0.39, 0.29) is 22.3 Å². The minimum absolute atomic E-state index is 0.00143. The Morgan fingerprint density at radius 3 is 1.87 bits per heavy atom. The van der Waals surface area contributed by atoms with Gasteiger partial charge in [0.15, 0.2) is 7.14 Å². The zero-order valence-electron chi connectivity index (χ0n) is 20.3. The predicted octanol–water partition coefficient (Wildman–Crippen LogP) is 7.50. The van der Waals surface area contributed by atoms with Gasteiger partial charge in [-0.05, 0) is 53.7 Å². The van der Waals surface area contributed by atoms with Crippen LogP contribution in [0.4, 0.5) is 0 Å². The number of hydrogen-bond acceptors (Lipinski definition) is 2. The lowest BCUT2D eigenvalue weighted by Gasteiger charge is -2.28. The zero-order valence-corrected chi connectivity index (χ0v) is 21.2. The Balaban J connectivity index is 2.58. The van der Waals surface area contributed by atoms with E-state index in [2.05, 4.69) is 60.6 Å². The summed E-state index contributed by atoms with van der Waals surface area (Å²) in [4.78, 5) is 13.9. The van der Waals surface area contributed by atoms with Crippen molar-refractivity contribution < 1.29 is 9.36 Å². The Kier molecular flexibility index (Phi) is 7.25. The summed E-state index contributed by atoms with van der Waals surface area (Å²) in [5.41, 5.74) is 3.62. The number of benzene rings is 2. The third-order valence-corrected chi connectivity index (χ3v) is 8.79. The van der Waals surface area contributed by atoms with Crippen LogP contribution < -0.4 is 5.30 Å². The minimum Gasteiger partial charge on any atom is -0.310 e. The highest BCUT2D eigenvalue weighted by atomic mass is 31.2. The molecule has 2 unspecified atom stereocenters. The van der Waals surface area contributed by atoms with Crippen molar-refractivity contribution in [2.24, 2.45) is 11.3 Å². The molecule has 0 saturated carbocycles. The third kappa shape index (κ3) is 5.73. The van der Waals surface area contributed by atoms with E-state index in [1.54, 1.807) is 0 Å². The summed E-state index contributed by atoms with van der Waals surface area (Å²) in [6.07, 6.45) is 1.34. The molecule has 0 fully saturated rings. The molecule has 30 heavy (non-hydrogen) atoms. The van der Waals surface area contributed by atoms with Gasteiger partial charge in [-0.2, -0.15) is 0 Å². The van der Waals surface area contributed by atoms with E-state index in [0.717, 1.165) is 17.5 Å². The topological polar surface area (TPSA) is 34.1 Å². The molecular weight excluding hydrogens is 387 g/mol. The molecular formula is C27H39O2P. The molecule has 0 aliphatic carbocycles. The van der Waals surface area contributed by atoms with Crippen LogP contribution in [0.15, 0.2) is 42.5 Å². The lowest BCUT2D eigenvalue weighted by molar-refractivity contribution is 0.107. The molecule has 0 radical (unpaired) electrons. The van der Waals surface area contributed by atoms with Crippen LogP contribution in [0.1, 0.15) is 81.9 Å². The van der Waals surface area contributed by atoms with Gasteiger partial charge in [-0.1, -0.05) is 90.9 Å². The highest BCUT2D eigenvalue weighted by Gasteiger charge is 2.38. The third-order valence-electron chi connectivity index (χ3n) is 5.64. The molecule has 0 bridgehead atoms. The van der Waals surface area contributed by atoms with Crippen LogP contribution in [0, 0.1) is 25.2 Å². The highest BCUT2D eigenvalue weighted by Crippen LogP contribution is 2.51. The van der Waals surface area contributed by atoms with Crippen molar-refractivity contribution in [3.05, 3.63) is 64.7 Å². The minimum atomic E-state index is -3.28. The SMILES string of the molecule is Cc1cc(C(C)(C)C)cc(C)c1C(=O)P(=O)(CC(C)CC(C)(C)C)c1ccccc1. The molecule has 0 amide bonds. The van der Waals surface area contributed by atoms with Crippen LogP contribution in [0.2, 0.25) is 0 Å². The smallest absolute Gasteiger partial charge is 0.226 e. The number of hydrogen-bond donors (Lipinski definition) is 0. The average Bonchev–Trinajstić information content (AvgIpc) is 2.59. The van der Waals surface area contributed by atoms with Crippen LogP contribution in [-0.2, 0) is 9.98 Å². The van der Waals surface area contributed by atoms with E-state index < -0.39 is 7.14 Å². The monoisotopic (exact) mass is 426 g/mol. The fourth-order valence-electron chi connectivity index (χ4n) is 4.44. The summed E-state index contributed by atoms with van der Waals surface area (Å²) >= 11 is 0. The summed E-state index contributed by atoms with van der Waals surface area (Å²) in [5.74, 6) is 0.189. The van der Waals surface area contributed by atoms with Crippen molar-refractivity contribution in [2.75, 3.05) is 6.16 Å². The summed E-state index contributed by atoms with van der Waals surface area (Å²) in [6, 6.07) is 13.6. The maximum absolute atomic E-state index is 14.4. The lowest BCUT2D eigenvalue weighted by Crippen LogP contribution is -2.23. The molecule has 2 rings (SSSR count). The fourth-order valence-corrected chi connectivity index (χ4v) is 7.42. The molecule has 2 atom stereocenters. The predicted molar refractivity (Wildman–Crippen MR) is 131 cm³/mol. The number of carbonyl (C=O) groups is 1. The van der Waals surface area contributed by atoms with Gasteiger partial charge >= 0.3 is 0 Å². The molecule has 3 heteroatoms. The average molecular weight is 427 g/mol. The Bertz CT molecular complexity index is 920. The summed E-state index contributed by atoms with van der Waals surface area (Å²) in [5, 5.41) is 0.675. The quantitative estimate of drug-likeness (QED) is 0.448. The normalized spacial score (nSPS) is 15.5. The maximum Gasteiger partial charge on any atom is 0.226 e. The maximum atomic E-state index is 14.4. The van der Waals surface area contributed by atoms with Crippen LogP contribution in [0.25, 0.3) is 0 Å². The van der Waals surface area contributed by atoms with Gasteiger partial charge in [-0.3, -0.25) is 4.79 Å². The van der Waals surface area contributed by atoms with Crippen LogP contribution >= 0.6 is 7.14 Å². The molecule has 0 heterocycles. The van der Waals surface area contributed by atoms with Gasteiger partial charge in [-0.25, -0.2) is 0 Å². The Morgan fingerprint density at radius 1 is 0.933 bits per heavy atom. The van der Waals surface area contributed by atoms with Gasteiger partial charge in [0.05, 0.1) is 0 Å². The first kappa shape index (κ1) is 24.6. The second kappa shape index (κ2) is 8.83. The van der Waals surface area contributed by atoms with E-state index in [9.17, 15) is 9.36 Å². The molecule has 0 aliphatic rings. The van der Waals surface area contributed by atoms with Crippen LogP contribution in [0.3, 0.4) is 0 Å². The van der Waals surface area contributed by atoms with Gasteiger partial charge in [0.2, 0.25) is 5.52 Å². The fraction of sp³-hybridized carbons (Fsp3) is 0.519. The van der Waals surface area contributed by atoms with E-state index in [1.165, 1.54) is 5.56 Å². The van der Waals surface area contributed by atoms with Crippen LogP contribution in [0.5, 0.6) is 0 Å². The van der Waals surface area contributed by atoms with Crippen molar-refractivity contribution in [1.82, 2.24) is 0 Å². The largest absolute Gasteiger partial charge is 0.310 e. The first-order chi connectivity index (χ1) is 13.6. The van der Waals surface area contributed by atoms with Crippen molar-refractivity contribution >= 4 is 18.0 Å². The second-order valence-electron chi connectivity index (χ2n) is 11.2.